The Bertz CT molecular complexity index is 1440. The van der Waals surface area contributed by atoms with Gasteiger partial charge >= 0.3 is 0 Å². The lowest BCUT2D eigenvalue weighted by Gasteiger charge is -2.27. The molecule has 0 bridgehead atoms. The van der Waals surface area contributed by atoms with Gasteiger partial charge in [-0.3, -0.25) is 9.20 Å². The minimum absolute atomic E-state index is 0.103. The van der Waals surface area contributed by atoms with Gasteiger partial charge in [0, 0.05) is 31.0 Å². The van der Waals surface area contributed by atoms with Crippen molar-refractivity contribution >= 4 is 40.3 Å². The summed E-state index contributed by atoms with van der Waals surface area (Å²) in [6.07, 6.45) is 7.41. The number of imidazole rings is 1. The molecule has 1 fully saturated rings. The van der Waals surface area contributed by atoms with Crippen molar-refractivity contribution in [3.63, 3.8) is 0 Å². The van der Waals surface area contributed by atoms with E-state index >= 15 is 0 Å². The number of hydrogen-bond acceptors (Lipinski definition) is 7. The second-order valence-corrected chi connectivity index (χ2v) is 9.01. The maximum Gasteiger partial charge on any atom is 0.259 e. The number of rotatable bonds is 4. The summed E-state index contributed by atoms with van der Waals surface area (Å²) in [7, 11) is 0. The first-order valence-electron chi connectivity index (χ1n) is 10.5. The van der Waals surface area contributed by atoms with Crippen LogP contribution in [0, 0.1) is 16.7 Å². The lowest BCUT2D eigenvalue weighted by atomic mass is 9.92. The molecule has 11 heteroatoms. The largest absolute Gasteiger partial charge is 0.381 e. The maximum absolute atomic E-state index is 13.2. The number of pyridine rings is 1. The molecule has 33 heavy (non-hydrogen) atoms. The summed E-state index contributed by atoms with van der Waals surface area (Å²) in [5, 5.41) is 17.3. The molecule has 0 aromatic carbocycles. The molecule has 0 spiro atoms. The van der Waals surface area contributed by atoms with E-state index in [4.69, 9.17) is 17.3 Å². The summed E-state index contributed by atoms with van der Waals surface area (Å²) in [5.41, 5.74) is 7.74. The molecule has 4 aromatic rings. The minimum atomic E-state index is -0.451. The molecule has 1 aliphatic heterocycles. The van der Waals surface area contributed by atoms with Crippen LogP contribution in [0.1, 0.15) is 42.2 Å². The Labute approximate surface area is 194 Å². The van der Waals surface area contributed by atoms with Gasteiger partial charge < -0.3 is 16.0 Å². The lowest BCUT2D eigenvalue weighted by molar-refractivity contribution is 0.0942. The molecule has 0 aliphatic carbocycles. The highest BCUT2D eigenvalue weighted by molar-refractivity contribution is 6.34. The molecule has 0 saturated carbocycles. The van der Waals surface area contributed by atoms with Crippen molar-refractivity contribution in [2.24, 2.45) is 5.41 Å². The van der Waals surface area contributed by atoms with Gasteiger partial charge in [-0.1, -0.05) is 11.6 Å². The highest BCUT2D eigenvalue weighted by atomic mass is 35.5. The summed E-state index contributed by atoms with van der Waals surface area (Å²) in [6.45, 7) is 5.11. The molecule has 3 N–H and O–H groups in total. The Morgan fingerprint density at radius 2 is 2.27 bits per heavy atom. The molecule has 5 heterocycles. The molecule has 5 rings (SSSR count). The van der Waals surface area contributed by atoms with E-state index in [1.165, 1.54) is 4.52 Å². The van der Waals surface area contributed by atoms with Gasteiger partial charge in [-0.15, -0.1) is 5.10 Å². The first kappa shape index (κ1) is 21.0. The van der Waals surface area contributed by atoms with Crippen LogP contribution in [0.5, 0.6) is 0 Å². The monoisotopic (exact) mass is 463 g/mol. The van der Waals surface area contributed by atoms with Gasteiger partial charge in [-0.2, -0.15) is 5.26 Å². The predicted octanol–water partition coefficient (Wildman–Crippen LogP) is 2.84. The van der Waals surface area contributed by atoms with Gasteiger partial charge in [0.2, 0.25) is 0 Å². The number of nitrogens with zero attached hydrogens (tertiary/aromatic N) is 7. The highest BCUT2D eigenvalue weighted by Crippen LogP contribution is 2.38. The van der Waals surface area contributed by atoms with Crippen molar-refractivity contribution in [3.8, 4) is 6.07 Å². The zero-order valence-corrected chi connectivity index (χ0v) is 18.9. The number of fused-ring (bicyclic) bond motifs is 2. The topological polar surface area (TPSA) is 130 Å². The second-order valence-electron chi connectivity index (χ2n) is 8.61. The van der Waals surface area contributed by atoms with E-state index in [9.17, 15) is 10.1 Å². The van der Waals surface area contributed by atoms with Gasteiger partial charge in [-0.05, 0) is 32.4 Å². The quantitative estimate of drug-likeness (QED) is 0.476. The molecular weight excluding hydrogens is 442 g/mol. The zero-order valence-electron chi connectivity index (χ0n) is 18.2. The number of carbonyl (C=O) groups is 1. The zero-order chi connectivity index (χ0) is 23.3. The molecule has 1 amide bonds. The number of anilines is 2. The highest BCUT2D eigenvalue weighted by Gasteiger charge is 2.36. The number of amides is 1. The van der Waals surface area contributed by atoms with Gasteiger partial charge in [0.1, 0.15) is 17.7 Å². The molecule has 4 aromatic heterocycles. The number of nitrogens with one attached hydrogen (secondary N) is 1. The first-order chi connectivity index (χ1) is 15.8. The van der Waals surface area contributed by atoms with Crippen molar-refractivity contribution in [3.05, 3.63) is 53.2 Å². The third-order valence-corrected chi connectivity index (χ3v) is 6.46. The van der Waals surface area contributed by atoms with Crippen LogP contribution in [0.15, 0.2) is 37.1 Å². The fourth-order valence-corrected chi connectivity index (χ4v) is 4.67. The number of nitriles is 1. The van der Waals surface area contributed by atoms with Crippen LogP contribution in [0.4, 0.5) is 11.6 Å². The number of nitrogen functional groups attached to an aromatic ring is 1. The molecule has 2 atom stereocenters. The molecule has 1 saturated heterocycles. The van der Waals surface area contributed by atoms with Crippen LogP contribution in [0.3, 0.4) is 0 Å². The van der Waals surface area contributed by atoms with E-state index < -0.39 is 11.5 Å². The second kappa shape index (κ2) is 7.64. The molecule has 2 unspecified atom stereocenters. The molecule has 168 valence electrons. The summed E-state index contributed by atoms with van der Waals surface area (Å²) < 4.78 is 3.39. The van der Waals surface area contributed by atoms with Crippen LogP contribution >= 0.6 is 11.6 Å². The third-order valence-electron chi connectivity index (χ3n) is 6.16. The Morgan fingerprint density at radius 3 is 3.03 bits per heavy atom. The smallest absolute Gasteiger partial charge is 0.259 e. The van der Waals surface area contributed by atoms with E-state index in [-0.39, 0.29) is 17.3 Å². The van der Waals surface area contributed by atoms with Crippen LogP contribution in [-0.4, -0.2) is 43.0 Å². The minimum Gasteiger partial charge on any atom is -0.381 e. The summed E-state index contributed by atoms with van der Waals surface area (Å²) >= 11 is 6.56. The molecular formula is C22H22ClN9O. The van der Waals surface area contributed by atoms with Crippen molar-refractivity contribution in [2.45, 2.75) is 26.3 Å². The maximum atomic E-state index is 13.2. The number of halogens is 1. The Kier molecular flexibility index (Phi) is 4.87. The molecule has 1 aliphatic rings. The summed E-state index contributed by atoms with van der Waals surface area (Å²) in [4.78, 5) is 23.9. The van der Waals surface area contributed by atoms with E-state index in [2.05, 4.69) is 31.4 Å². The fourth-order valence-electron chi connectivity index (χ4n) is 4.41. The molecule has 0 radical (unpaired) electrons. The van der Waals surface area contributed by atoms with Crippen LogP contribution in [0.25, 0.3) is 11.2 Å². The third kappa shape index (κ3) is 3.41. The van der Waals surface area contributed by atoms with Gasteiger partial charge in [0.25, 0.3) is 5.91 Å². The van der Waals surface area contributed by atoms with Gasteiger partial charge in [0.05, 0.1) is 34.3 Å². The van der Waals surface area contributed by atoms with Crippen LogP contribution in [-0.2, 0) is 0 Å². The first-order valence-corrected chi connectivity index (χ1v) is 10.9. The average Bonchev–Trinajstić information content (AvgIpc) is 3.50. The van der Waals surface area contributed by atoms with Crippen LogP contribution in [0.2, 0.25) is 5.02 Å². The van der Waals surface area contributed by atoms with Gasteiger partial charge in [-0.25, -0.2) is 14.5 Å². The Hall–Kier alpha value is -3.84. The van der Waals surface area contributed by atoms with Crippen molar-refractivity contribution in [2.75, 3.05) is 23.7 Å². The Balaban J connectivity index is 1.55. The van der Waals surface area contributed by atoms with Crippen LogP contribution < -0.4 is 16.0 Å². The standard InChI is InChI=1S/C22H22ClN9O/c1-13(28-20(33)17-18(25)29-32-6-3-5-27-19(17)32)14-8-15(23)16-9-26-12-31(16)21(14)30-7-4-22(2,10-24)11-30/h3,5-6,8-9,12-13H,4,7,11H2,1-2H3,(H2,25,29)(H,28,33). The number of nitrogens with two attached hydrogens (primary N) is 1. The summed E-state index contributed by atoms with van der Waals surface area (Å²) in [6, 6.07) is 5.55. The van der Waals surface area contributed by atoms with Gasteiger partial charge in [0.15, 0.2) is 11.5 Å². The number of hydrogen-bond donors (Lipinski definition) is 2. The normalized spacial score (nSPS) is 19.2. The fraction of sp³-hybridized carbons (Fsp3) is 0.318. The van der Waals surface area contributed by atoms with E-state index in [1.807, 2.05) is 24.3 Å². The van der Waals surface area contributed by atoms with E-state index in [0.717, 1.165) is 23.3 Å². The van der Waals surface area contributed by atoms with Crippen molar-refractivity contribution in [1.82, 2.24) is 29.3 Å². The lowest BCUT2D eigenvalue weighted by Crippen LogP contribution is -2.31. The molecule has 10 nitrogen and oxygen atoms in total. The van der Waals surface area contributed by atoms with Crippen molar-refractivity contribution in [1.29, 1.82) is 5.26 Å². The summed E-state index contributed by atoms with van der Waals surface area (Å²) in [5.74, 6) is 0.570. The Morgan fingerprint density at radius 1 is 1.45 bits per heavy atom. The number of carbonyl (C=O) groups excluding carboxylic acids is 1. The predicted molar refractivity (Wildman–Crippen MR) is 124 cm³/mol. The van der Waals surface area contributed by atoms with Crippen molar-refractivity contribution < 1.29 is 4.79 Å². The van der Waals surface area contributed by atoms with E-state index in [1.54, 1.807) is 31.0 Å². The van der Waals surface area contributed by atoms with E-state index in [0.29, 0.717) is 23.8 Å². The SMILES string of the molecule is CC(NC(=O)c1c(N)nn2cccnc12)c1cc(Cl)c2cncn2c1N1CCC(C)(C#N)C1. The number of aromatic nitrogens is 5. The average molecular weight is 464 g/mol.